The normalized spacial score (nSPS) is 10.3. The maximum absolute atomic E-state index is 2.45. The molecule has 0 atom stereocenters. The predicted molar refractivity (Wildman–Crippen MR) is 199 cm³/mol. The summed E-state index contributed by atoms with van der Waals surface area (Å²) in [4.78, 5) is 0. The Morgan fingerprint density at radius 1 is 0.364 bits per heavy atom. The fourth-order valence-corrected chi connectivity index (χ4v) is 4.99. The van der Waals surface area contributed by atoms with Crippen molar-refractivity contribution in [3.05, 3.63) is 97.3 Å². The molecule has 0 radical (unpaired) electrons. The average molecular weight is 597 g/mol. The lowest BCUT2D eigenvalue weighted by atomic mass is 9.93. The molecule has 0 saturated heterocycles. The largest absolute Gasteiger partial charge is 0.286 e. The SMILES string of the molecule is CC.CC.CC.CC.CC.CC(C)(C)[n+]1ccc(-c2ccccc2)c2ccc3c(-c4ccccc4)cc[n+](C(C)(C)C)c3c21. The molecule has 0 unspecified atom stereocenters. The number of hydrogen-bond acceptors (Lipinski definition) is 0. The van der Waals surface area contributed by atoms with Gasteiger partial charge >= 0.3 is 0 Å². The van der Waals surface area contributed by atoms with Gasteiger partial charge in [-0.3, -0.25) is 0 Å². The molecule has 240 valence electrons. The van der Waals surface area contributed by atoms with Gasteiger partial charge in [0.25, 0.3) is 11.0 Å². The number of benzene rings is 3. The Balaban J connectivity index is 0.00000169. The lowest BCUT2D eigenvalue weighted by Crippen LogP contribution is -2.54. The summed E-state index contributed by atoms with van der Waals surface area (Å²) in [5, 5.41) is 2.55. The van der Waals surface area contributed by atoms with E-state index in [1.165, 1.54) is 44.1 Å². The molecule has 0 fully saturated rings. The van der Waals surface area contributed by atoms with Crippen LogP contribution in [0, 0.1) is 0 Å². The molecular formula is C42H64N2+2. The number of nitrogens with zero attached hydrogens (tertiary/aromatic N) is 2. The molecule has 0 saturated carbocycles. The molecule has 2 heteroatoms. The first-order valence-electron chi connectivity index (χ1n) is 17.1. The molecule has 0 aliphatic carbocycles. The molecule has 0 amide bonds. The quantitative estimate of drug-likeness (QED) is 0.141. The van der Waals surface area contributed by atoms with Crippen LogP contribution < -0.4 is 9.13 Å². The molecular weight excluding hydrogens is 532 g/mol. The number of rotatable bonds is 2. The van der Waals surface area contributed by atoms with Crippen molar-refractivity contribution in [2.45, 2.75) is 122 Å². The van der Waals surface area contributed by atoms with E-state index in [1.54, 1.807) is 0 Å². The van der Waals surface area contributed by atoms with Gasteiger partial charge in [0.1, 0.15) is 0 Å². The molecule has 2 heterocycles. The van der Waals surface area contributed by atoms with Gasteiger partial charge in [0.15, 0.2) is 23.5 Å². The second kappa shape index (κ2) is 19.7. The van der Waals surface area contributed by atoms with Crippen molar-refractivity contribution in [3.8, 4) is 22.3 Å². The molecule has 0 N–H and O–H groups in total. The minimum absolute atomic E-state index is 0.0692. The molecule has 0 bridgehead atoms. The van der Waals surface area contributed by atoms with Crippen molar-refractivity contribution in [1.29, 1.82) is 0 Å². The van der Waals surface area contributed by atoms with Crippen LogP contribution >= 0.6 is 0 Å². The van der Waals surface area contributed by atoms with Crippen LogP contribution in [0.3, 0.4) is 0 Å². The molecule has 3 aromatic carbocycles. The fraction of sp³-hybridized carbons (Fsp3) is 0.429. The highest BCUT2D eigenvalue weighted by Crippen LogP contribution is 2.35. The van der Waals surface area contributed by atoms with Crippen LogP contribution in [0.4, 0.5) is 0 Å². The molecule has 0 aliphatic heterocycles. The summed E-state index contributed by atoms with van der Waals surface area (Å²) in [5.41, 5.74) is 7.44. The Labute approximate surface area is 271 Å². The van der Waals surface area contributed by atoms with E-state index < -0.39 is 0 Å². The Bertz CT molecular complexity index is 1370. The van der Waals surface area contributed by atoms with E-state index in [2.05, 4.69) is 148 Å². The minimum atomic E-state index is -0.0692. The minimum Gasteiger partial charge on any atom is -0.188 e. The van der Waals surface area contributed by atoms with Crippen LogP contribution in [0.5, 0.6) is 0 Å². The van der Waals surface area contributed by atoms with Crippen molar-refractivity contribution < 1.29 is 9.13 Å². The highest BCUT2D eigenvalue weighted by Gasteiger charge is 2.35. The van der Waals surface area contributed by atoms with E-state index in [4.69, 9.17) is 0 Å². The Kier molecular flexibility index (Phi) is 18.1. The van der Waals surface area contributed by atoms with Gasteiger partial charge in [-0.15, -0.1) is 0 Å². The summed E-state index contributed by atoms with van der Waals surface area (Å²) in [6.07, 6.45) is 4.54. The van der Waals surface area contributed by atoms with Gasteiger partial charge < -0.3 is 0 Å². The van der Waals surface area contributed by atoms with Crippen molar-refractivity contribution in [1.82, 2.24) is 0 Å². The van der Waals surface area contributed by atoms with Gasteiger partial charge in [0, 0.05) is 64.8 Å². The third-order valence-corrected chi connectivity index (χ3v) is 6.61. The lowest BCUT2D eigenvalue weighted by Gasteiger charge is -2.20. The zero-order valence-corrected chi connectivity index (χ0v) is 31.1. The molecule has 5 rings (SSSR count). The second-order valence-corrected chi connectivity index (χ2v) is 11.1. The summed E-state index contributed by atoms with van der Waals surface area (Å²) < 4.78 is 4.90. The van der Waals surface area contributed by atoms with Gasteiger partial charge in [0.05, 0.1) is 10.8 Å². The van der Waals surface area contributed by atoms with Crippen LogP contribution in [0.15, 0.2) is 97.3 Å². The summed E-state index contributed by atoms with van der Waals surface area (Å²) in [6.45, 7) is 33.7. The molecule has 44 heavy (non-hydrogen) atoms. The third-order valence-electron chi connectivity index (χ3n) is 6.61. The highest BCUT2D eigenvalue weighted by molar-refractivity contribution is 6.09. The van der Waals surface area contributed by atoms with E-state index in [-0.39, 0.29) is 11.1 Å². The third kappa shape index (κ3) is 9.49. The first-order chi connectivity index (χ1) is 21.2. The molecule has 0 aliphatic rings. The van der Waals surface area contributed by atoms with Crippen LogP contribution in [0.1, 0.15) is 111 Å². The number of hydrogen-bond donors (Lipinski definition) is 0. The lowest BCUT2D eigenvalue weighted by molar-refractivity contribution is -0.747. The maximum atomic E-state index is 2.45. The summed E-state index contributed by atoms with van der Waals surface area (Å²) >= 11 is 0. The predicted octanol–water partition coefficient (Wildman–Crippen LogP) is 12.5. The van der Waals surface area contributed by atoms with Crippen LogP contribution in [-0.2, 0) is 11.1 Å². The topological polar surface area (TPSA) is 7.76 Å². The van der Waals surface area contributed by atoms with Crippen molar-refractivity contribution in [3.63, 3.8) is 0 Å². The second-order valence-electron chi connectivity index (χ2n) is 11.1. The van der Waals surface area contributed by atoms with Gasteiger partial charge in [0.2, 0.25) is 0 Å². The first-order valence-corrected chi connectivity index (χ1v) is 17.1. The standard InChI is InChI=1S/C32H34N2.5C2H6/c1-31(2,3)33-21-19-25(23-13-9-7-10-14-23)27-17-18-28-26(24-15-11-8-12-16-24)20-22-34(32(4,5)6)30(28)29(27)33;5*1-2/h7-22H,1-6H3;5*1-2H3/q+2;;;;;. The first kappa shape index (κ1) is 40.5. The van der Waals surface area contributed by atoms with E-state index in [9.17, 15) is 0 Å². The van der Waals surface area contributed by atoms with E-state index in [1.807, 2.05) is 69.2 Å². The maximum Gasteiger partial charge on any atom is 0.286 e. The average Bonchev–Trinajstić information content (AvgIpc) is 3.08. The van der Waals surface area contributed by atoms with E-state index >= 15 is 0 Å². The van der Waals surface area contributed by atoms with Crippen molar-refractivity contribution >= 4 is 21.8 Å². The number of pyridine rings is 2. The van der Waals surface area contributed by atoms with E-state index in [0.29, 0.717) is 0 Å². The van der Waals surface area contributed by atoms with E-state index in [0.717, 1.165) is 0 Å². The Morgan fingerprint density at radius 3 is 0.886 bits per heavy atom. The highest BCUT2D eigenvalue weighted by atomic mass is 15.1. The zero-order valence-electron chi connectivity index (χ0n) is 31.1. The van der Waals surface area contributed by atoms with Gasteiger partial charge in [-0.1, -0.05) is 130 Å². The van der Waals surface area contributed by atoms with Crippen molar-refractivity contribution in [2.24, 2.45) is 0 Å². The van der Waals surface area contributed by atoms with Gasteiger partial charge in [-0.05, 0) is 23.3 Å². The van der Waals surface area contributed by atoms with Crippen LogP contribution in [0.25, 0.3) is 44.1 Å². The fourth-order valence-electron chi connectivity index (χ4n) is 4.99. The Hall–Kier alpha value is -3.52. The molecule has 2 aromatic heterocycles. The van der Waals surface area contributed by atoms with Crippen LogP contribution in [-0.4, -0.2) is 0 Å². The molecule has 2 nitrogen and oxygen atoms in total. The molecule has 5 aromatic rings. The van der Waals surface area contributed by atoms with Crippen molar-refractivity contribution in [2.75, 3.05) is 0 Å². The number of fused-ring (bicyclic) bond motifs is 3. The summed E-state index contributed by atoms with van der Waals surface area (Å²) in [7, 11) is 0. The smallest absolute Gasteiger partial charge is 0.188 e. The Morgan fingerprint density at radius 2 is 0.636 bits per heavy atom. The molecule has 0 spiro atoms. The van der Waals surface area contributed by atoms with Gasteiger partial charge in [-0.2, -0.15) is 9.13 Å². The van der Waals surface area contributed by atoms with Gasteiger partial charge in [-0.25, -0.2) is 0 Å². The summed E-state index contributed by atoms with van der Waals surface area (Å²) in [5.74, 6) is 0. The monoisotopic (exact) mass is 597 g/mol. The summed E-state index contributed by atoms with van der Waals surface area (Å²) in [6, 6.07) is 30.7. The van der Waals surface area contributed by atoms with Crippen LogP contribution in [0.2, 0.25) is 0 Å². The zero-order chi connectivity index (χ0) is 34.1. The number of aromatic nitrogens is 2.